The van der Waals surface area contributed by atoms with Crippen molar-refractivity contribution < 1.29 is 4.39 Å². The predicted octanol–water partition coefficient (Wildman–Crippen LogP) is 5.67. The Bertz CT molecular complexity index is 567. The number of halogens is 1. The van der Waals surface area contributed by atoms with E-state index in [0.29, 0.717) is 5.92 Å². The SMILES string of the molecule is C=CC(CC/C=C/Cc1ccc(F)cc1)c1ccccc1. The average Bonchev–Trinajstić information content (AvgIpc) is 2.53. The van der Waals surface area contributed by atoms with Gasteiger partial charge in [0.25, 0.3) is 0 Å². The highest BCUT2D eigenvalue weighted by atomic mass is 19.1. The molecule has 0 fully saturated rings. The molecule has 1 heteroatoms. The molecule has 0 aromatic heterocycles. The third-order valence-electron chi connectivity index (χ3n) is 3.59. The van der Waals surface area contributed by atoms with E-state index in [1.165, 1.54) is 17.7 Å². The Morgan fingerprint density at radius 2 is 1.67 bits per heavy atom. The van der Waals surface area contributed by atoms with Crippen LogP contribution in [0.3, 0.4) is 0 Å². The molecule has 2 aromatic rings. The van der Waals surface area contributed by atoms with Crippen molar-refractivity contribution in [2.45, 2.75) is 25.2 Å². The maximum absolute atomic E-state index is 12.8. The fourth-order valence-corrected chi connectivity index (χ4v) is 2.35. The van der Waals surface area contributed by atoms with Crippen LogP contribution in [0.2, 0.25) is 0 Å². The molecule has 2 aromatic carbocycles. The first kappa shape index (κ1) is 15.2. The molecular weight excluding hydrogens is 259 g/mol. The fourth-order valence-electron chi connectivity index (χ4n) is 2.35. The van der Waals surface area contributed by atoms with Gasteiger partial charge in [0.2, 0.25) is 0 Å². The normalized spacial score (nSPS) is 12.4. The summed E-state index contributed by atoms with van der Waals surface area (Å²) in [6.07, 6.45) is 9.30. The van der Waals surface area contributed by atoms with Gasteiger partial charge in [-0.25, -0.2) is 4.39 Å². The van der Waals surface area contributed by atoms with Crippen LogP contribution in [-0.2, 0) is 6.42 Å². The molecule has 0 saturated heterocycles. The molecule has 0 amide bonds. The highest BCUT2D eigenvalue weighted by molar-refractivity contribution is 5.23. The lowest BCUT2D eigenvalue weighted by atomic mass is 9.94. The summed E-state index contributed by atoms with van der Waals surface area (Å²) < 4.78 is 12.8. The van der Waals surface area contributed by atoms with E-state index in [-0.39, 0.29) is 5.82 Å². The molecule has 1 atom stereocenters. The van der Waals surface area contributed by atoms with Crippen molar-refractivity contribution in [2.24, 2.45) is 0 Å². The Morgan fingerprint density at radius 3 is 2.33 bits per heavy atom. The van der Waals surface area contributed by atoms with Crippen molar-refractivity contribution in [2.75, 3.05) is 0 Å². The molecule has 0 spiro atoms. The molecule has 0 nitrogen and oxygen atoms in total. The number of hydrogen-bond acceptors (Lipinski definition) is 0. The summed E-state index contributed by atoms with van der Waals surface area (Å²) in [6, 6.07) is 17.1. The molecule has 0 aliphatic rings. The standard InChI is InChI=1S/C20H21F/c1-2-18(19-11-7-4-8-12-19)10-6-3-5-9-17-13-15-20(21)16-14-17/h2-5,7-8,11-16,18H,1,6,9-10H2/b5-3+. The number of allylic oxidation sites excluding steroid dienone is 3. The van der Waals surface area contributed by atoms with Crippen LogP contribution in [0.1, 0.15) is 29.9 Å². The molecule has 1 unspecified atom stereocenters. The quantitative estimate of drug-likeness (QED) is 0.573. The third-order valence-corrected chi connectivity index (χ3v) is 3.59. The maximum atomic E-state index is 12.8. The smallest absolute Gasteiger partial charge is 0.123 e. The van der Waals surface area contributed by atoms with Crippen LogP contribution in [-0.4, -0.2) is 0 Å². The Labute approximate surface area is 126 Å². The van der Waals surface area contributed by atoms with E-state index in [0.717, 1.165) is 24.8 Å². The fraction of sp³-hybridized carbons (Fsp3) is 0.200. The lowest BCUT2D eigenvalue weighted by Gasteiger charge is -2.11. The molecule has 0 N–H and O–H groups in total. The van der Waals surface area contributed by atoms with Gasteiger partial charge >= 0.3 is 0 Å². The lowest BCUT2D eigenvalue weighted by Crippen LogP contribution is -1.93. The largest absolute Gasteiger partial charge is 0.207 e. The predicted molar refractivity (Wildman–Crippen MR) is 87.9 cm³/mol. The van der Waals surface area contributed by atoms with Gasteiger partial charge in [0.15, 0.2) is 0 Å². The summed E-state index contributed by atoms with van der Waals surface area (Å²) in [5, 5.41) is 0. The van der Waals surface area contributed by atoms with Crippen LogP contribution in [0.5, 0.6) is 0 Å². The Morgan fingerprint density at radius 1 is 0.952 bits per heavy atom. The third kappa shape index (κ3) is 5.03. The summed E-state index contributed by atoms with van der Waals surface area (Å²) in [5.41, 5.74) is 2.45. The van der Waals surface area contributed by atoms with Gasteiger partial charge in [0.1, 0.15) is 5.82 Å². The molecule has 0 bridgehead atoms. The van der Waals surface area contributed by atoms with Crippen molar-refractivity contribution in [1.82, 2.24) is 0 Å². The van der Waals surface area contributed by atoms with E-state index in [4.69, 9.17) is 0 Å². The second-order valence-electron chi connectivity index (χ2n) is 5.13. The molecular formula is C20H21F. The summed E-state index contributed by atoms with van der Waals surface area (Å²) in [6.45, 7) is 3.93. The van der Waals surface area contributed by atoms with E-state index >= 15 is 0 Å². The summed E-state index contributed by atoms with van der Waals surface area (Å²) in [5.74, 6) is 0.223. The van der Waals surface area contributed by atoms with Crippen LogP contribution in [0.15, 0.2) is 79.4 Å². The Hall–Kier alpha value is -2.15. The first-order valence-electron chi connectivity index (χ1n) is 7.36. The number of rotatable bonds is 7. The van der Waals surface area contributed by atoms with E-state index in [1.807, 2.05) is 24.3 Å². The molecule has 21 heavy (non-hydrogen) atoms. The van der Waals surface area contributed by atoms with Crippen molar-refractivity contribution in [3.63, 3.8) is 0 Å². The zero-order valence-corrected chi connectivity index (χ0v) is 12.2. The van der Waals surface area contributed by atoms with Gasteiger partial charge in [-0.15, -0.1) is 6.58 Å². The van der Waals surface area contributed by atoms with Crippen LogP contribution < -0.4 is 0 Å². The zero-order valence-electron chi connectivity index (χ0n) is 12.2. The van der Waals surface area contributed by atoms with E-state index < -0.39 is 0 Å². The minimum absolute atomic E-state index is 0.181. The maximum Gasteiger partial charge on any atom is 0.123 e. The first-order chi connectivity index (χ1) is 10.3. The highest BCUT2D eigenvalue weighted by Gasteiger charge is 2.04. The molecule has 108 valence electrons. The molecule has 0 aliphatic carbocycles. The summed E-state index contributed by atoms with van der Waals surface area (Å²) >= 11 is 0. The minimum Gasteiger partial charge on any atom is -0.207 e. The minimum atomic E-state index is -0.181. The van der Waals surface area contributed by atoms with E-state index in [9.17, 15) is 4.39 Å². The van der Waals surface area contributed by atoms with Crippen molar-refractivity contribution in [1.29, 1.82) is 0 Å². The highest BCUT2D eigenvalue weighted by Crippen LogP contribution is 2.22. The van der Waals surface area contributed by atoms with Crippen LogP contribution >= 0.6 is 0 Å². The second kappa shape index (κ2) is 8.21. The summed E-state index contributed by atoms with van der Waals surface area (Å²) in [4.78, 5) is 0. The van der Waals surface area contributed by atoms with Crippen LogP contribution in [0, 0.1) is 5.82 Å². The van der Waals surface area contributed by atoms with Gasteiger partial charge in [-0.1, -0.05) is 60.7 Å². The monoisotopic (exact) mass is 280 g/mol. The van der Waals surface area contributed by atoms with Crippen molar-refractivity contribution in [3.05, 3.63) is 96.3 Å². The van der Waals surface area contributed by atoms with Crippen molar-refractivity contribution >= 4 is 0 Å². The van der Waals surface area contributed by atoms with Gasteiger partial charge in [-0.2, -0.15) is 0 Å². The lowest BCUT2D eigenvalue weighted by molar-refractivity contribution is 0.627. The van der Waals surface area contributed by atoms with Crippen LogP contribution in [0.4, 0.5) is 4.39 Å². The Balaban J connectivity index is 1.79. The van der Waals surface area contributed by atoms with Gasteiger partial charge < -0.3 is 0 Å². The van der Waals surface area contributed by atoms with Gasteiger partial charge in [-0.05, 0) is 42.5 Å². The van der Waals surface area contributed by atoms with Crippen LogP contribution in [0.25, 0.3) is 0 Å². The molecule has 0 saturated carbocycles. The van der Waals surface area contributed by atoms with Gasteiger partial charge in [-0.3, -0.25) is 0 Å². The molecule has 0 heterocycles. The van der Waals surface area contributed by atoms with Gasteiger partial charge in [0.05, 0.1) is 0 Å². The van der Waals surface area contributed by atoms with Gasteiger partial charge in [0, 0.05) is 5.92 Å². The molecule has 2 rings (SSSR count). The topological polar surface area (TPSA) is 0 Å². The number of hydrogen-bond donors (Lipinski definition) is 0. The molecule has 0 radical (unpaired) electrons. The van der Waals surface area contributed by atoms with Crippen molar-refractivity contribution in [3.8, 4) is 0 Å². The summed E-state index contributed by atoms with van der Waals surface area (Å²) in [7, 11) is 0. The zero-order chi connectivity index (χ0) is 14.9. The number of benzene rings is 2. The average molecular weight is 280 g/mol. The second-order valence-corrected chi connectivity index (χ2v) is 5.13. The van der Waals surface area contributed by atoms with E-state index in [2.05, 4.69) is 43.0 Å². The van der Waals surface area contributed by atoms with E-state index in [1.54, 1.807) is 0 Å². The first-order valence-corrected chi connectivity index (χ1v) is 7.36. The Kier molecular flexibility index (Phi) is 5.96. The molecule has 0 aliphatic heterocycles.